The first-order chi connectivity index (χ1) is 11.7. The van der Waals surface area contributed by atoms with Gasteiger partial charge in [-0.25, -0.2) is 4.39 Å². The number of hydrogen-bond donors (Lipinski definition) is 0. The lowest BCUT2D eigenvalue weighted by atomic mass is 10.1. The molecule has 0 aliphatic carbocycles. The first kappa shape index (κ1) is 16.9. The van der Waals surface area contributed by atoms with Crippen molar-refractivity contribution in [1.29, 1.82) is 0 Å². The first-order valence-electron chi connectivity index (χ1n) is 8.04. The van der Waals surface area contributed by atoms with Gasteiger partial charge in [0, 0.05) is 32.7 Å². The second kappa shape index (κ2) is 7.77. The normalized spacial score (nSPS) is 16.0. The highest BCUT2D eigenvalue weighted by atomic mass is 32.1. The summed E-state index contributed by atoms with van der Waals surface area (Å²) in [5.41, 5.74) is 1.34. The average molecular weight is 348 g/mol. The van der Waals surface area contributed by atoms with E-state index in [4.69, 9.17) is 4.74 Å². The lowest BCUT2D eigenvalue weighted by Gasteiger charge is -2.22. The van der Waals surface area contributed by atoms with E-state index in [2.05, 4.69) is 21.7 Å². The molecule has 0 atom stereocenters. The van der Waals surface area contributed by atoms with Gasteiger partial charge in [-0.1, -0.05) is 6.07 Å². The van der Waals surface area contributed by atoms with Gasteiger partial charge < -0.3 is 9.64 Å². The van der Waals surface area contributed by atoms with Crippen LogP contribution in [0.25, 0.3) is 0 Å². The highest BCUT2D eigenvalue weighted by molar-refractivity contribution is 7.07. The van der Waals surface area contributed by atoms with Crippen molar-refractivity contribution in [3.05, 3.63) is 52.0 Å². The van der Waals surface area contributed by atoms with Gasteiger partial charge in [0.25, 0.3) is 5.91 Å². The summed E-state index contributed by atoms with van der Waals surface area (Å²) in [6, 6.07) is 6.60. The molecular formula is C18H21FN2O2S. The van der Waals surface area contributed by atoms with E-state index in [1.54, 1.807) is 28.4 Å². The lowest BCUT2D eigenvalue weighted by molar-refractivity contribution is 0.0752. The first-order valence-corrected chi connectivity index (χ1v) is 8.98. The smallest absolute Gasteiger partial charge is 0.260 e. The molecule has 3 rings (SSSR count). The van der Waals surface area contributed by atoms with Crippen LogP contribution >= 0.6 is 11.3 Å². The van der Waals surface area contributed by atoms with Crippen LogP contribution in [0.4, 0.5) is 4.39 Å². The summed E-state index contributed by atoms with van der Waals surface area (Å²) in [7, 11) is 1.45. The van der Waals surface area contributed by atoms with Crippen LogP contribution in [-0.2, 0) is 6.54 Å². The Hall–Kier alpha value is -1.92. The molecule has 128 valence electrons. The SMILES string of the molecule is COc1cccc(F)c1C(=O)N1CCCN(Cc2ccsc2)CC1. The van der Waals surface area contributed by atoms with E-state index in [1.165, 1.54) is 18.7 Å². The van der Waals surface area contributed by atoms with Crippen LogP contribution in [0.2, 0.25) is 0 Å². The van der Waals surface area contributed by atoms with Crippen molar-refractivity contribution in [3.63, 3.8) is 0 Å². The topological polar surface area (TPSA) is 32.8 Å². The van der Waals surface area contributed by atoms with Crippen molar-refractivity contribution in [2.24, 2.45) is 0 Å². The van der Waals surface area contributed by atoms with Crippen LogP contribution in [0.1, 0.15) is 22.3 Å². The van der Waals surface area contributed by atoms with Crippen LogP contribution in [0, 0.1) is 5.82 Å². The maximum atomic E-state index is 14.1. The number of benzene rings is 1. The monoisotopic (exact) mass is 348 g/mol. The molecule has 2 aromatic rings. The number of methoxy groups -OCH3 is 1. The minimum Gasteiger partial charge on any atom is -0.496 e. The summed E-state index contributed by atoms with van der Waals surface area (Å²) in [5.74, 6) is -0.527. The Balaban J connectivity index is 1.69. The van der Waals surface area contributed by atoms with E-state index in [1.807, 2.05) is 0 Å². The Labute approximate surface area is 145 Å². The second-order valence-corrected chi connectivity index (χ2v) is 6.65. The number of ether oxygens (including phenoxy) is 1. The molecule has 6 heteroatoms. The molecule has 0 N–H and O–H groups in total. The van der Waals surface area contributed by atoms with Crippen molar-refractivity contribution in [1.82, 2.24) is 9.80 Å². The van der Waals surface area contributed by atoms with E-state index in [9.17, 15) is 9.18 Å². The maximum absolute atomic E-state index is 14.1. The maximum Gasteiger partial charge on any atom is 0.260 e. The number of thiophene rings is 1. The van der Waals surface area contributed by atoms with E-state index >= 15 is 0 Å². The molecule has 0 spiro atoms. The molecule has 1 saturated heterocycles. The van der Waals surface area contributed by atoms with Gasteiger partial charge in [-0.3, -0.25) is 9.69 Å². The lowest BCUT2D eigenvalue weighted by Crippen LogP contribution is -2.35. The van der Waals surface area contributed by atoms with Gasteiger partial charge in [-0.15, -0.1) is 0 Å². The second-order valence-electron chi connectivity index (χ2n) is 5.87. The van der Waals surface area contributed by atoms with E-state index in [0.717, 1.165) is 26.1 Å². The average Bonchev–Trinajstić information content (AvgIpc) is 2.98. The summed E-state index contributed by atoms with van der Waals surface area (Å²) in [5, 5.41) is 4.23. The zero-order valence-electron chi connectivity index (χ0n) is 13.7. The molecule has 1 aliphatic heterocycles. The summed E-state index contributed by atoms with van der Waals surface area (Å²) >= 11 is 1.70. The predicted octanol–water partition coefficient (Wildman–Crippen LogP) is 3.24. The fourth-order valence-corrected chi connectivity index (χ4v) is 3.67. The predicted molar refractivity (Wildman–Crippen MR) is 93.1 cm³/mol. The van der Waals surface area contributed by atoms with Gasteiger partial charge in [0.15, 0.2) is 0 Å². The van der Waals surface area contributed by atoms with Crippen molar-refractivity contribution in [2.45, 2.75) is 13.0 Å². The largest absolute Gasteiger partial charge is 0.496 e. The molecule has 0 radical (unpaired) electrons. The highest BCUT2D eigenvalue weighted by Gasteiger charge is 2.25. The van der Waals surface area contributed by atoms with Crippen LogP contribution in [0.3, 0.4) is 0 Å². The third kappa shape index (κ3) is 3.76. The quantitative estimate of drug-likeness (QED) is 0.850. The Bertz CT molecular complexity index is 690. The molecule has 2 heterocycles. The fourth-order valence-electron chi connectivity index (χ4n) is 3.01. The zero-order valence-corrected chi connectivity index (χ0v) is 14.5. The Morgan fingerprint density at radius 1 is 1.25 bits per heavy atom. The van der Waals surface area contributed by atoms with Gasteiger partial charge in [0.2, 0.25) is 0 Å². The van der Waals surface area contributed by atoms with Crippen LogP contribution in [-0.4, -0.2) is 49.0 Å². The number of carbonyl (C=O) groups excluding carboxylic acids is 1. The Kier molecular flexibility index (Phi) is 5.48. The molecule has 1 aliphatic rings. The minimum absolute atomic E-state index is 0.0336. The highest BCUT2D eigenvalue weighted by Crippen LogP contribution is 2.23. The molecule has 1 fully saturated rings. The van der Waals surface area contributed by atoms with Gasteiger partial charge in [-0.05, 0) is 40.9 Å². The van der Waals surface area contributed by atoms with Crippen LogP contribution < -0.4 is 4.74 Å². The van der Waals surface area contributed by atoms with Crippen LogP contribution in [0.15, 0.2) is 35.0 Å². The van der Waals surface area contributed by atoms with Crippen molar-refractivity contribution < 1.29 is 13.9 Å². The molecule has 24 heavy (non-hydrogen) atoms. The number of halogens is 1. The fraction of sp³-hybridized carbons (Fsp3) is 0.389. The third-order valence-corrected chi connectivity index (χ3v) is 5.00. The van der Waals surface area contributed by atoms with Gasteiger partial charge in [0.1, 0.15) is 17.1 Å². The molecular weight excluding hydrogens is 327 g/mol. The number of carbonyl (C=O) groups is 1. The molecule has 4 nitrogen and oxygen atoms in total. The summed E-state index contributed by atoms with van der Waals surface area (Å²) in [6.07, 6.45) is 0.882. The standard InChI is InChI=1S/C18H21FN2O2S/c1-23-16-5-2-4-15(19)17(16)18(22)21-8-3-7-20(9-10-21)12-14-6-11-24-13-14/h2,4-6,11,13H,3,7-10,12H2,1H3. The molecule has 1 amide bonds. The molecule has 1 aromatic heterocycles. The van der Waals surface area contributed by atoms with Crippen molar-refractivity contribution >= 4 is 17.2 Å². The van der Waals surface area contributed by atoms with Crippen LogP contribution in [0.5, 0.6) is 5.75 Å². The number of nitrogens with zero attached hydrogens (tertiary/aromatic N) is 2. The third-order valence-electron chi connectivity index (χ3n) is 4.27. The number of rotatable bonds is 4. The number of hydrogen-bond acceptors (Lipinski definition) is 4. The van der Waals surface area contributed by atoms with E-state index in [-0.39, 0.29) is 11.5 Å². The van der Waals surface area contributed by atoms with Gasteiger partial charge >= 0.3 is 0 Å². The van der Waals surface area contributed by atoms with Crippen molar-refractivity contribution in [2.75, 3.05) is 33.3 Å². The Morgan fingerprint density at radius 3 is 2.88 bits per heavy atom. The summed E-state index contributed by atoms with van der Waals surface area (Å²) in [6.45, 7) is 3.86. The molecule has 0 saturated carbocycles. The summed E-state index contributed by atoms with van der Waals surface area (Å²) in [4.78, 5) is 16.8. The van der Waals surface area contributed by atoms with E-state index < -0.39 is 5.82 Å². The number of amides is 1. The summed E-state index contributed by atoms with van der Waals surface area (Å²) < 4.78 is 19.3. The van der Waals surface area contributed by atoms with E-state index in [0.29, 0.717) is 18.8 Å². The molecule has 0 unspecified atom stereocenters. The van der Waals surface area contributed by atoms with Gasteiger partial charge in [0.05, 0.1) is 7.11 Å². The molecule has 0 bridgehead atoms. The Morgan fingerprint density at radius 2 is 2.12 bits per heavy atom. The molecule has 1 aromatic carbocycles. The zero-order chi connectivity index (χ0) is 16.9. The van der Waals surface area contributed by atoms with Crippen molar-refractivity contribution in [3.8, 4) is 5.75 Å². The van der Waals surface area contributed by atoms with Gasteiger partial charge in [-0.2, -0.15) is 11.3 Å². The minimum atomic E-state index is -0.529.